The summed E-state index contributed by atoms with van der Waals surface area (Å²) in [5.74, 6) is 0.354. The largest absolute Gasteiger partial charge is 0.388 e. The molecule has 0 saturated heterocycles. The van der Waals surface area contributed by atoms with Gasteiger partial charge in [-0.25, -0.2) is 0 Å². The fraction of sp³-hybridized carbons (Fsp3) is 0.647. The molecule has 0 aromatic heterocycles. The van der Waals surface area contributed by atoms with Crippen LogP contribution in [-0.4, -0.2) is 30.3 Å². The maximum absolute atomic E-state index is 10.5. The number of aryl methyl sites for hydroxylation is 1. The molecule has 1 fully saturated rings. The molecule has 2 atom stereocenters. The van der Waals surface area contributed by atoms with E-state index in [1.165, 1.54) is 11.3 Å². The number of hydrogen-bond donors (Lipinski definition) is 2. The summed E-state index contributed by atoms with van der Waals surface area (Å²) in [6.45, 7) is 6.68. The molecule has 1 saturated carbocycles. The third kappa shape index (κ3) is 3.33. The van der Waals surface area contributed by atoms with Crippen LogP contribution in [0, 0.1) is 12.8 Å². The highest BCUT2D eigenvalue weighted by atomic mass is 16.3. The fourth-order valence-corrected chi connectivity index (χ4v) is 3.35. The third-order valence-electron chi connectivity index (χ3n) is 4.80. The SMILES string of the molecule is CCN(CCC1CCCC1(O)CN)c1ccc(C)cc1. The van der Waals surface area contributed by atoms with Gasteiger partial charge >= 0.3 is 0 Å². The molecule has 112 valence electrons. The van der Waals surface area contributed by atoms with Gasteiger partial charge in [0.2, 0.25) is 0 Å². The molecule has 1 aliphatic carbocycles. The minimum Gasteiger partial charge on any atom is -0.388 e. The van der Waals surface area contributed by atoms with Crippen LogP contribution in [0.2, 0.25) is 0 Å². The van der Waals surface area contributed by atoms with Crippen LogP contribution in [0.15, 0.2) is 24.3 Å². The van der Waals surface area contributed by atoms with Gasteiger partial charge in [-0.15, -0.1) is 0 Å². The number of rotatable bonds is 6. The van der Waals surface area contributed by atoms with Gasteiger partial charge in [-0.1, -0.05) is 24.1 Å². The summed E-state index contributed by atoms with van der Waals surface area (Å²) >= 11 is 0. The van der Waals surface area contributed by atoms with E-state index in [0.29, 0.717) is 12.5 Å². The number of anilines is 1. The van der Waals surface area contributed by atoms with E-state index in [0.717, 1.165) is 38.8 Å². The predicted molar refractivity (Wildman–Crippen MR) is 85.0 cm³/mol. The first-order valence-electron chi connectivity index (χ1n) is 7.83. The number of benzene rings is 1. The Morgan fingerprint density at radius 2 is 2.05 bits per heavy atom. The Balaban J connectivity index is 1.96. The van der Waals surface area contributed by atoms with Gasteiger partial charge in [0.15, 0.2) is 0 Å². The van der Waals surface area contributed by atoms with Gasteiger partial charge < -0.3 is 15.7 Å². The van der Waals surface area contributed by atoms with E-state index in [1.54, 1.807) is 0 Å². The molecule has 0 bridgehead atoms. The van der Waals surface area contributed by atoms with E-state index in [1.807, 2.05) is 0 Å². The summed E-state index contributed by atoms with van der Waals surface area (Å²) < 4.78 is 0. The first kappa shape index (κ1) is 15.3. The van der Waals surface area contributed by atoms with E-state index in [2.05, 4.69) is 43.0 Å². The van der Waals surface area contributed by atoms with E-state index in [9.17, 15) is 5.11 Å². The fourth-order valence-electron chi connectivity index (χ4n) is 3.35. The van der Waals surface area contributed by atoms with Gasteiger partial charge in [0.05, 0.1) is 5.60 Å². The average molecular weight is 276 g/mol. The van der Waals surface area contributed by atoms with Crippen molar-refractivity contribution in [3.8, 4) is 0 Å². The van der Waals surface area contributed by atoms with Gasteiger partial charge in [-0.3, -0.25) is 0 Å². The predicted octanol–water partition coefficient (Wildman–Crippen LogP) is 2.70. The first-order valence-corrected chi connectivity index (χ1v) is 7.83. The second-order valence-corrected chi connectivity index (χ2v) is 6.10. The van der Waals surface area contributed by atoms with E-state index < -0.39 is 5.60 Å². The van der Waals surface area contributed by atoms with Crippen molar-refractivity contribution in [2.45, 2.75) is 45.1 Å². The van der Waals surface area contributed by atoms with Crippen molar-refractivity contribution in [2.75, 3.05) is 24.5 Å². The van der Waals surface area contributed by atoms with Crippen LogP contribution in [0.25, 0.3) is 0 Å². The summed E-state index contributed by atoms with van der Waals surface area (Å²) in [4.78, 5) is 2.38. The average Bonchev–Trinajstić information content (AvgIpc) is 2.83. The molecular formula is C17H28N2O. The molecule has 3 N–H and O–H groups in total. The number of nitrogens with two attached hydrogens (primary N) is 1. The lowest BCUT2D eigenvalue weighted by atomic mass is 9.88. The molecule has 2 rings (SSSR count). The lowest BCUT2D eigenvalue weighted by Crippen LogP contribution is -2.42. The molecule has 0 radical (unpaired) electrons. The zero-order valence-electron chi connectivity index (χ0n) is 12.8. The van der Waals surface area contributed by atoms with Gasteiger partial charge in [0.1, 0.15) is 0 Å². The molecule has 1 aromatic rings. The Hall–Kier alpha value is -1.06. The molecule has 3 heteroatoms. The smallest absolute Gasteiger partial charge is 0.0798 e. The molecule has 0 aliphatic heterocycles. The second-order valence-electron chi connectivity index (χ2n) is 6.10. The van der Waals surface area contributed by atoms with E-state index in [4.69, 9.17) is 5.73 Å². The summed E-state index contributed by atoms with van der Waals surface area (Å²) in [6.07, 6.45) is 4.11. The highest BCUT2D eigenvalue weighted by Crippen LogP contribution is 2.37. The molecule has 1 aliphatic rings. The lowest BCUT2D eigenvalue weighted by Gasteiger charge is -2.31. The molecule has 2 unspecified atom stereocenters. The van der Waals surface area contributed by atoms with Crippen molar-refractivity contribution in [2.24, 2.45) is 11.7 Å². The highest BCUT2D eigenvalue weighted by Gasteiger charge is 2.39. The third-order valence-corrected chi connectivity index (χ3v) is 4.80. The van der Waals surface area contributed by atoms with Crippen molar-refractivity contribution in [1.82, 2.24) is 0 Å². The van der Waals surface area contributed by atoms with Crippen molar-refractivity contribution in [1.29, 1.82) is 0 Å². The summed E-state index contributed by atoms with van der Waals surface area (Å²) in [7, 11) is 0. The minimum atomic E-state index is -0.618. The molecule has 0 spiro atoms. The van der Waals surface area contributed by atoms with E-state index in [-0.39, 0.29) is 0 Å². The van der Waals surface area contributed by atoms with Gasteiger partial charge in [0.25, 0.3) is 0 Å². The molecule has 20 heavy (non-hydrogen) atoms. The maximum atomic E-state index is 10.5. The Kier molecular flexibility index (Phi) is 5.06. The summed E-state index contributed by atoms with van der Waals surface area (Å²) in [5.41, 5.74) is 7.70. The van der Waals surface area contributed by atoms with Crippen LogP contribution in [0.3, 0.4) is 0 Å². The van der Waals surface area contributed by atoms with Crippen LogP contribution in [0.4, 0.5) is 5.69 Å². The Labute approximate surface area is 122 Å². The zero-order chi connectivity index (χ0) is 14.6. The van der Waals surface area contributed by atoms with Crippen molar-refractivity contribution in [3.63, 3.8) is 0 Å². The normalized spacial score (nSPS) is 25.9. The standard InChI is InChI=1S/C17H28N2O/c1-3-19(16-8-6-14(2)7-9-16)12-10-15-5-4-11-17(15,20)13-18/h6-9,15,20H,3-5,10-13,18H2,1-2H3. The van der Waals surface area contributed by atoms with Crippen LogP contribution < -0.4 is 10.6 Å². The molecule has 3 nitrogen and oxygen atoms in total. The summed E-state index contributed by atoms with van der Waals surface area (Å²) in [6, 6.07) is 8.68. The van der Waals surface area contributed by atoms with Crippen LogP contribution in [-0.2, 0) is 0 Å². The van der Waals surface area contributed by atoms with Crippen molar-refractivity contribution in [3.05, 3.63) is 29.8 Å². The topological polar surface area (TPSA) is 49.5 Å². The maximum Gasteiger partial charge on any atom is 0.0798 e. The monoisotopic (exact) mass is 276 g/mol. The van der Waals surface area contributed by atoms with E-state index >= 15 is 0 Å². The number of nitrogens with zero attached hydrogens (tertiary/aromatic N) is 1. The molecule has 0 heterocycles. The molecule has 1 aromatic carbocycles. The Bertz CT molecular complexity index is 418. The first-order chi connectivity index (χ1) is 9.59. The lowest BCUT2D eigenvalue weighted by molar-refractivity contribution is 0.00888. The second kappa shape index (κ2) is 6.59. The summed E-state index contributed by atoms with van der Waals surface area (Å²) in [5, 5.41) is 10.5. The molecule has 0 amide bonds. The Morgan fingerprint density at radius 3 is 2.65 bits per heavy atom. The highest BCUT2D eigenvalue weighted by molar-refractivity contribution is 5.47. The van der Waals surface area contributed by atoms with Gasteiger partial charge in [0, 0.05) is 25.3 Å². The minimum absolute atomic E-state index is 0.354. The van der Waals surface area contributed by atoms with Crippen LogP contribution >= 0.6 is 0 Å². The quantitative estimate of drug-likeness (QED) is 0.840. The molecular weight excluding hydrogens is 248 g/mol. The van der Waals surface area contributed by atoms with Crippen molar-refractivity contribution < 1.29 is 5.11 Å². The number of aliphatic hydroxyl groups is 1. The van der Waals surface area contributed by atoms with Crippen LogP contribution in [0.5, 0.6) is 0 Å². The van der Waals surface area contributed by atoms with Crippen molar-refractivity contribution >= 4 is 5.69 Å². The van der Waals surface area contributed by atoms with Crippen LogP contribution in [0.1, 0.15) is 38.2 Å². The number of hydrogen-bond acceptors (Lipinski definition) is 3. The Morgan fingerprint density at radius 1 is 1.35 bits per heavy atom. The zero-order valence-corrected chi connectivity index (χ0v) is 12.8. The van der Waals surface area contributed by atoms with Gasteiger partial charge in [-0.05, 0) is 51.2 Å². The van der Waals surface area contributed by atoms with Gasteiger partial charge in [-0.2, -0.15) is 0 Å².